The highest BCUT2D eigenvalue weighted by atomic mass is 16.5. The van der Waals surface area contributed by atoms with Gasteiger partial charge in [-0.1, -0.05) is 24.3 Å². The van der Waals surface area contributed by atoms with E-state index < -0.39 is 12.0 Å². The summed E-state index contributed by atoms with van der Waals surface area (Å²) in [4.78, 5) is 10.8. The summed E-state index contributed by atoms with van der Waals surface area (Å²) in [6.07, 6.45) is -0.147. The zero-order valence-electron chi connectivity index (χ0n) is 11.4. The van der Waals surface area contributed by atoms with E-state index in [0.717, 1.165) is 16.5 Å². The van der Waals surface area contributed by atoms with E-state index in [9.17, 15) is 4.79 Å². The summed E-state index contributed by atoms with van der Waals surface area (Å²) in [6.45, 7) is 0. The molecule has 0 aliphatic rings. The molecule has 2 aromatic rings. The Morgan fingerprint density at radius 2 is 1.95 bits per heavy atom. The fourth-order valence-electron chi connectivity index (χ4n) is 2.31. The Morgan fingerprint density at radius 3 is 2.55 bits per heavy atom. The fourth-order valence-corrected chi connectivity index (χ4v) is 2.31. The molecule has 1 atom stereocenters. The molecule has 0 aromatic heterocycles. The monoisotopic (exact) mass is 275 g/mol. The molecule has 0 bridgehead atoms. The molecule has 0 spiro atoms. The molecule has 2 rings (SSSR count). The molecule has 1 unspecified atom stereocenters. The van der Waals surface area contributed by atoms with Crippen molar-refractivity contribution in [1.29, 1.82) is 0 Å². The zero-order chi connectivity index (χ0) is 14.7. The van der Waals surface area contributed by atoms with E-state index in [2.05, 4.69) is 0 Å². The van der Waals surface area contributed by atoms with Gasteiger partial charge < -0.3 is 20.3 Å². The Labute approximate surface area is 116 Å². The molecule has 0 heterocycles. The number of carboxylic acid groups (broad SMARTS) is 1. The minimum atomic E-state index is -0.940. The maximum absolute atomic E-state index is 10.8. The van der Waals surface area contributed by atoms with Gasteiger partial charge in [0.2, 0.25) is 0 Å². The predicted octanol–water partition coefficient (Wildman–Crippen LogP) is 2.33. The van der Waals surface area contributed by atoms with Crippen molar-refractivity contribution in [2.75, 3.05) is 14.2 Å². The average molecular weight is 275 g/mol. The number of nitrogens with two attached hydrogens (primary N) is 1. The van der Waals surface area contributed by atoms with Gasteiger partial charge in [-0.25, -0.2) is 0 Å². The molecule has 3 N–H and O–H groups in total. The van der Waals surface area contributed by atoms with Crippen molar-refractivity contribution in [2.45, 2.75) is 12.5 Å². The first-order chi connectivity index (χ1) is 9.58. The van der Waals surface area contributed by atoms with Gasteiger partial charge in [0.15, 0.2) is 0 Å². The van der Waals surface area contributed by atoms with Gasteiger partial charge in [0.05, 0.1) is 20.6 Å². The van der Waals surface area contributed by atoms with Gasteiger partial charge in [-0.05, 0) is 6.07 Å². The number of hydrogen-bond acceptors (Lipinski definition) is 4. The first-order valence-electron chi connectivity index (χ1n) is 6.19. The molecule has 5 heteroatoms. The maximum Gasteiger partial charge on any atom is 0.305 e. The first kappa shape index (κ1) is 14.1. The van der Waals surface area contributed by atoms with Crippen molar-refractivity contribution in [3.8, 4) is 11.5 Å². The standard InChI is InChI=1S/C15H17NO4/c1-19-13-5-3-4-10-9(13)6-7-11(15(10)20-2)12(16)8-14(17)18/h3-7,12H,8,16H2,1-2H3,(H,17,18). The van der Waals surface area contributed by atoms with Crippen molar-refractivity contribution in [3.63, 3.8) is 0 Å². The number of benzene rings is 2. The predicted molar refractivity (Wildman–Crippen MR) is 76.2 cm³/mol. The number of rotatable bonds is 5. The third-order valence-corrected chi connectivity index (χ3v) is 3.22. The normalized spacial score (nSPS) is 12.2. The highest BCUT2D eigenvalue weighted by Crippen LogP contribution is 2.37. The average Bonchev–Trinajstić information content (AvgIpc) is 2.44. The van der Waals surface area contributed by atoms with E-state index in [1.54, 1.807) is 20.3 Å². The topological polar surface area (TPSA) is 81.8 Å². The quantitative estimate of drug-likeness (QED) is 0.875. The zero-order valence-corrected chi connectivity index (χ0v) is 11.4. The van der Waals surface area contributed by atoms with Crippen molar-refractivity contribution in [3.05, 3.63) is 35.9 Å². The van der Waals surface area contributed by atoms with Gasteiger partial charge in [-0.15, -0.1) is 0 Å². The lowest BCUT2D eigenvalue weighted by Crippen LogP contribution is -2.16. The minimum absolute atomic E-state index is 0.147. The summed E-state index contributed by atoms with van der Waals surface area (Å²) in [5.74, 6) is 0.389. The van der Waals surface area contributed by atoms with Gasteiger partial charge in [-0.3, -0.25) is 4.79 Å². The lowest BCUT2D eigenvalue weighted by Gasteiger charge is -2.17. The van der Waals surface area contributed by atoms with Gasteiger partial charge in [-0.2, -0.15) is 0 Å². The molecule has 0 radical (unpaired) electrons. The number of carbonyl (C=O) groups is 1. The maximum atomic E-state index is 10.8. The van der Waals surface area contributed by atoms with E-state index in [0.29, 0.717) is 11.3 Å². The smallest absolute Gasteiger partial charge is 0.305 e. The van der Waals surface area contributed by atoms with Crippen molar-refractivity contribution in [1.82, 2.24) is 0 Å². The first-order valence-corrected chi connectivity index (χ1v) is 6.19. The molecule has 0 aliphatic heterocycles. The third-order valence-electron chi connectivity index (χ3n) is 3.22. The van der Waals surface area contributed by atoms with Crippen LogP contribution in [-0.2, 0) is 4.79 Å². The third kappa shape index (κ3) is 2.53. The molecule has 2 aromatic carbocycles. The molecule has 0 aliphatic carbocycles. The number of carboxylic acids is 1. The summed E-state index contributed by atoms with van der Waals surface area (Å²) < 4.78 is 10.7. The Hall–Kier alpha value is -2.27. The number of ether oxygens (including phenoxy) is 2. The lowest BCUT2D eigenvalue weighted by atomic mass is 9.98. The molecule has 5 nitrogen and oxygen atoms in total. The SMILES string of the molecule is COc1cccc2c(OC)c(C(N)CC(=O)O)ccc12. The molecule has 0 fully saturated rings. The lowest BCUT2D eigenvalue weighted by molar-refractivity contribution is -0.137. The largest absolute Gasteiger partial charge is 0.496 e. The van der Waals surface area contributed by atoms with Gasteiger partial charge >= 0.3 is 5.97 Å². The van der Waals surface area contributed by atoms with Crippen LogP contribution in [0.3, 0.4) is 0 Å². The van der Waals surface area contributed by atoms with Crippen molar-refractivity contribution in [2.24, 2.45) is 5.73 Å². The van der Waals surface area contributed by atoms with Crippen LogP contribution in [0.25, 0.3) is 10.8 Å². The molecular weight excluding hydrogens is 258 g/mol. The summed E-state index contributed by atoms with van der Waals surface area (Å²) in [5, 5.41) is 10.6. The Balaban J connectivity index is 2.61. The van der Waals surface area contributed by atoms with Crippen LogP contribution in [0.5, 0.6) is 11.5 Å². The fraction of sp³-hybridized carbons (Fsp3) is 0.267. The summed E-state index contributed by atoms with van der Waals surface area (Å²) in [7, 11) is 3.15. The number of fused-ring (bicyclic) bond motifs is 1. The van der Waals surface area contributed by atoms with Gasteiger partial charge in [0.25, 0.3) is 0 Å². The number of hydrogen-bond donors (Lipinski definition) is 2. The second kappa shape index (κ2) is 5.79. The molecule has 0 saturated heterocycles. The molecule has 0 saturated carbocycles. The number of methoxy groups -OCH3 is 2. The second-order valence-electron chi connectivity index (χ2n) is 4.45. The van der Waals surface area contributed by atoms with Crippen LogP contribution < -0.4 is 15.2 Å². The van der Waals surface area contributed by atoms with Crippen molar-refractivity contribution < 1.29 is 19.4 Å². The van der Waals surface area contributed by atoms with E-state index in [-0.39, 0.29) is 6.42 Å². The van der Waals surface area contributed by atoms with Gasteiger partial charge in [0, 0.05) is 22.4 Å². The summed E-state index contributed by atoms with van der Waals surface area (Å²) in [6, 6.07) is 8.66. The Morgan fingerprint density at radius 1 is 1.20 bits per heavy atom. The molecule has 106 valence electrons. The van der Waals surface area contributed by atoms with Crippen LogP contribution in [-0.4, -0.2) is 25.3 Å². The Bertz CT molecular complexity index is 639. The molecule has 20 heavy (non-hydrogen) atoms. The van der Waals surface area contributed by atoms with Crippen LogP contribution >= 0.6 is 0 Å². The number of aliphatic carboxylic acids is 1. The van der Waals surface area contributed by atoms with E-state index in [1.807, 2.05) is 24.3 Å². The van der Waals surface area contributed by atoms with E-state index >= 15 is 0 Å². The van der Waals surface area contributed by atoms with Crippen molar-refractivity contribution >= 4 is 16.7 Å². The van der Waals surface area contributed by atoms with E-state index in [4.69, 9.17) is 20.3 Å². The highest BCUT2D eigenvalue weighted by Gasteiger charge is 2.18. The van der Waals surface area contributed by atoms with E-state index in [1.165, 1.54) is 0 Å². The van der Waals surface area contributed by atoms with Crippen LogP contribution in [0.4, 0.5) is 0 Å². The second-order valence-corrected chi connectivity index (χ2v) is 4.45. The van der Waals surface area contributed by atoms with Gasteiger partial charge in [0.1, 0.15) is 11.5 Å². The Kier molecular flexibility index (Phi) is 4.10. The minimum Gasteiger partial charge on any atom is -0.496 e. The highest BCUT2D eigenvalue weighted by molar-refractivity contribution is 5.94. The summed E-state index contributed by atoms with van der Waals surface area (Å²) >= 11 is 0. The molecule has 0 amide bonds. The molecular formula is C15H17NO4. The van der Waals surface area contributed by atoms with Crippen LogP contribution in [0, 0.1) is 0 Å². The van der Waals surface area contributed by atoms with Crippen LogP contribution in [0.15, 0.2) is 30.3 Å². The van der Waals surface area contributed by atoms with Crippen LogP contribution in [0.2, 0.25) is 0 Å². The van der Waals surface area contributed by atoms with Crippen LogP contribution in [0.1, 0.15) is 18.0 Å². The summed E-state index contributed by atoms with van der Waals surface area (Å²) in [5.41, 5.74) is 6.62.